The van der Waals surface area contributed by atoms with Crippen molar-refractivity contribution < 1.29 is 22.6 Å². The lowest BCUT2D eigenvalue weighted by Crippen LogP contribution is -2.39. The number of rotatable bonds is 5. The van der Waals surface area contributed by atoms with Gasteiger partial charge in [0.1, 0.15) is 19.3 Å². The van der Waals surface area contributed by atoms with E-state index in [0.29, 0.717) is 30.6 Å². The molecule has 4 rings (SSSR count). The summed E-state index contributed by atoms with van der Waals surface area (Å²) in [5, 5.41) is 0. The standard InChI is InChI=1S/C19H22N2O5S/c22-27(23,16-8-9-17-18(13-16)25-12-11-24-17)21-14-4-6-15(7-5-14)26-19-3-1-2-10-20-19/h1-3,8-10,13-15,21H,4-7,11-12H2. The highest BCUT2D eigenvalue weighted by molar-refractivity contribution is 7.89. The van der Waals surface area contributed by atoms with E-state index >= 15 is 0 Å². The molecule has 2 aliphatic rings. The lowest BCUT2D eigenvalue weighted by atomic mass is 9.94. The number of ether oxygens (including phenoxy) is 3. The van der Waals surface area contributed by atoms with Gasteiger partial charge in [0.15, 0.2) is 11.5 Å². The minimum absolute atomic E-state index is 0.0648. The molecule has 0 bridgehead atoms. The number of benzene rings is 1. The summed E-state index contributed by atoms with van der Waals surface area (Å²) >= 11 is 0. The van der Waals surface area contributed by atoms with Crippen LogP contribution < -0.4 is 18.9 Å². The van der Waals surface area contributed by atoms with E-state index in [1.807, 2.05) is 18.2 Å². The van der Waals surface area contributed by atoms with Gasteiger partial charge in [0, 0.05) is 24.4 Å². The maximum Gasteiger partial charge on any atom is 0.240 e. The SMILES string of the molecule is O=S(=O)(NC1CCC(Oc2ccccn2)CC1)c1ccc2c(c1)OCCO2. The molecule has 1 fully saturated rings. The molecule has 7 nitrogen and oxygen atoms in total. The number of aromatic nitrogens is 1. The van der Waals surface area contributed by atoms with Crippen molar-refractivity contribution in [1.29, 1.82) is 0 Å². The van der Waals surface area contributed by atoms with Crippen LogP contribution in [0.1, 0.15) is 25.7 Å². The third-order valence-corrected chi connectivity index (χ3v) is 6.26. The molecule has 0 unspecified atom stereocenters. The van der Waals surface area contributed by atoms with Gasteiger partial charge in [-0.1, -0.05) is 6.07 Å². The van der Waals surface area contributed by atoms with Gasteiger partial charge in [-0.15, -0.1) is 0 Å². The van der Waals surface area contributed by atoms with Crippen molar-refractivity contribution >= 4 is 10.0 Å². The molecule has 1 aliphatic carbocycles. The van der Waals surface area contributed by atoms with Crippen molar-refractivity contribution in [2.45, 2.75) is 42.7 Å². The number of pyridine rings is 1. The van der Waals surface area contributed by atoms with Crippen molar-refractivity contribution in [2.75, 3.05) is 13.2 Å². The minimum atomic E-state index is -3.61. The number of hydrogen-bond donors (Lipinski definition) is 1. The number of hydrogen-bond acceptors (Lipinski definition) is 6. The summed E-state index contributed by atoms with van der Waals surface area (Å²) in [7, 11) is -3.61. The maximum atomic E-state index is 12.7. The Kier molecular flexibility index (Phi) is 5.18. The van der Waals surface area contributed by atoms with Crippen LogP contribution in [-0.4, -0.2) is 38.8 Å². The third kappa shape index (κ3) is 4.33. The minimum Gasteiger partial charge on any atom is -0.486 e. The van der Waals surface area contributed by atoms with Crippen molar-refractivity contribution in [2.24, 2.45) is 0 Å². The molecule has 0 atom stereocenters. The van der Waals surface area contributed by atoms with Crippen LogP contribution in [-0.2, 0) is 10.0 Å². The highest BCUT2D eigenvalue weighted by atomic mass is 32.2. The van der Waals surface area contributed by atoms with Gasteiger partial charge in [0.25, 0.3) is 0 Å². The molecule has 1 saturated carbocycles. The zero-order valence-corrected chi connectivity index (χ0v) is 15.7. The summed E-state index contributed by atoms with van der Waals surface area (Å²) in [6.45, 7) is 0.894. The average Bonchev–Trinajstić information content (AvgIpc) is 2.70. The largest absolute Gasteiger partial charge is 0.486 e. The second-order valence-electron chi connectivity index (χ2n) is 6.69. The van der Waals surface area contributed by atoms with Crippen LogP contribution in [0.4, 0.5) is 0 Å². The summed E-state index contributed by atoms with van der Waals surface area (Å²) in [5.41, 5.74) is 0. The van der Waals surface area contributed by atoms with E-state index in [2.05, 4.69) is 9.71 Å². The van der Waals surface area contributed by atoms with Crippen molar-refractivity contribution in [3.63, 3.8) is 0 Å². The second-order valence-corrected chi connectivity index (χ2v) is 8.40. The molecule has 1 aromatic carbocycles. The molecule has 1 aromatic heterocycles. The van der Waals surface area contributed by atoms with Crippen LogP contribution in [0.15, 0.2) is 47.5 Å². The van der Waals surface area contributed by atoms with Gasteiger partial charge < -0.3 is 14.2 Å². The Hall–Kier alpha value is -2.32. The van der Waals surface area contributed by atoms with Crippen LogP contribution in [0.2, 0.25) is 0 Å². The predicted octanol–water partition coefficient (Wildman–Crippen LogP) is 2.52. The Morgan fingerprint density at radius 2 is 1.78 bits per heavy atom. The second kappa shape index (κ2) is 7.74. The van der Waals surface area contributed by atoms with E-state index < -0.39 is 10.0 Å². The summed E-state index contributed by atoms with van der Waals surface area (Å²) in [6, 6.07) is 10.2. The fourth-order valence-corrected chi connectivity index (χ4v) is 4.68. The lowest BCUT2D eigenvalue weighted by molar-refractivity contribution is 0.138. The van der Waals surface area contributed by atoms with Crippen LogP contribution in [0.25, 0.3) is 0 Å². The van der Waals surface area contributed by atoms with E-state index in [9.17, 15) is 8.42 Å². The van der Waals surface area contributed by atoms with Crippen molar-refractivity contribution in [1.82, 2.24) is 9.71 Å². The first kappa shape index (κ1) is 18.1. The molecular weight excluding hydrogens is 368 g/mol. The molecule has 2 aromatic rings. The van der Waals surface area contributed by atoms with Crippen LogP contribution in [0, 0.1) is 0 Å². The van der Waals surface area contributed by atoms with Crippen molar-refractivity contribution in [3.05, 3.63) is 42.6 Å². The molecule has 144 valence electrons. The molecule has 0 spiro atoms. The number of sulfonamides is 1. The van der Waals surface area contributed by atoms with Crippen LogP contribution >= 0.6 is 0 Å². The molecule has 1 aliphatic heterocycles. The maximum absolute atomic E-state index is 12.7. The first-order valence-corrected chi connectivity index (χ1v) is 10.6. The lowest BCUT2D eigenvalue weighted by Gasteiger charge is -2.29. The van der Waals surface area contributed by atoms with E-state index in [4.69, 9.17) is 14.2 Å². The zero-order chi connectivity index (χ0) is 18.7. The van der Waals surface area contributed by atoms with E-state index in [1.165, 1.54) is 6.07 Å². The number of fused-ring (bicyclic) bond motifs is 1. The summed E-state index contributed by atoms with van der Waals surface area (Å²) in [5.74, 6) is 1.65. The van der Waals surface area contributed by atoms with Gasteiger partial charge >= 0.3 is 0 Å². The third-order valence-electron chi connectivity index (χ3n) is 4.75. The highest BCUT2D eigenvalue weighted by Gasteiger charge is 2.27. The van der Waals surface area contributed by atoms with Crippen LogP contribution in [0.5, 0.6) is 17.4 Å². The topological polar surface area (TPSA) is 86.8 Å². The Bertz CT molecular complexity index is 880. The molecule has 1 N–H and O–H groups in total. The fraction of sp³-hybridized carbons (Fsp3) is 0.421. The molecule has 0 amide bonds. The predicted molar refractivity (Wildman–Crippen MR) is 98.7 cm³/mol. The van der Waals surface area contributed by atoms with Crippen LogP contribution in [0.3, 0.4) is 0 Å². The van der Waals surface area contributed by atoms with Crippen molar-refractivity contribution in [3.8, 4) is 17.4 Å². The quantitative estimate of drug-likeness (QED) is 0.844. The average molecular weight is 390 g/mol. The normalized spacial score (nSPS) is 22.2. The Balaban J connectivity index is 1.35. The first-order chi connectivity index (χ1) is 13.1. The smallest absolute Gasteiger partial charge is 0.240 e. The van der Waals surface area contributed by atoms with Gasteiger partial charge in [-0.05, 0) is 43.9 Å². The molecule has 0 saturated heterocycles. The van der Waals surface area contributed by atoms with E-state index in [0.717, 1.165) is 25.7 Å². The Labute approximate surface area is 158 Å². The van der Waals surface area contributed by atoms with Gasteiger partial charge in [0.05, 0.1) is 4.90 Å². The summed E-state index contributed by atoms with van der Waals surface area (Å²) in [6.07, 6.45) is 4.77. The fourth-order valence-electron chi connectivity index (χ4n) is 3.36. The Morgan fingerprint density at radius 3 is 2.52 bits per heavy atom. The summed E-state index contributed by atoms with van der Waals surface area (Å²) < 4.78 is 45.0. The Morgan fingerprint density at radius 1 is 1.00 bits per heavy atom. The summed E-state index contributed by atoms with van der Waals surface area (Å²) in [4.78, 5) is 4.36. The highest BCUT2D eigenvalue weighted by Crippen LogP contribution is 2.32. The van der Waals surface area contributed by atoms with Gasteiger partial charge in [-0.25, -0.2) is 18.1 Å². The molecule has 8 heteroatoms. The number of nitrogens with one attached hydrogen (secondary N) is 1. The molecular formula is C19H22N2O5S. The van der Waals surface area contributed by atoms with E-state index in [-0.39, 0.29) is 17.0 Å². The van der Waals surface area contributed by atoms with Gasteiger partial charge in [-0.3, -0.25) is 0 Å². The van der Waals surface area contributed by atoms with Gasteiger partial charge in [0.2, 0.25) is 15.9 Å². The molecule has 0 radical (unpaired) electrons. The van der Waals surface area contributed by atoms with Gasteiger partial charge in [-0.2, -0.15) is 0 Å². The zero-order valence-electron chi connectivity index (χ0n) is 14.8. The molecule has 27 heavy (non-hydrogen) atoms. The first-order valence-electron chi connectivity index (χ1n) is 9.10. The number of nitrogens with zero attached hydrogens (tertiary/aromatic N) is 1. The molecule has 2 heterocycles. The van der Waals surface area contributed by atoms with E-state index in [1.54, 1.807) is 18.3 Å². The monoisotopic (exact) mass is 390 g/mol.